The molecule has 140 valence electrons. The molecule has 0 N–H and O–H groups in total. The Morgan fingerprint density at radius 3 is 2.75 bits per heavy atom. The van der Waals surface area contributed by atoms with Gasteiger partial charge >= 0.3 is 5.97 Å². The molecule has 3 aromatic heterocycles. The molecule has 0 fully saturated rings. The van der Waals surface area contributed by atoms with E-state index in [9.17, 15) is 4.79 Å². The predicted molar refractivity (Wildman–Crippen MR) is 103 cm³/mol. The van der Waals surface area contributed by atoms with E-state index in [0.717, 1.165) is 16.3 Å². The minimum Gasteiger partial charge on any atom is -0.452 e. The molecular weight excluding hydrogens is 376 g/mol. The first kappa shape index (κ1) is 18.0. The molecule has 4 aromatic rings. The van der Waals surface area contributed by atoms with Crippen molar-refractivity contribution in [1.82, 2.24) is 20.2 Å². The number of ether oxygens (including phenoxy) is 1. The molecule has 4 rings (SSSR count). The highest BCUT2D eigenvalue weighted by atomic mass is 32.1. The van der Waals surface area contributed by atoms with Gasteiger partial charge in [0.25, 0.3) is 5.89 Å². The van der Waals surface area contributed by atoms with Gasteiger partial charge in [0.2, 0.25) is 5.89 Å². The zero-order chi connectivity index (χ0) is 19.3. The maximum atomic E-state index is 12.3. The van der Waals surface area contributed by atoms with Crippen molar-refractivity contribution in [3.05, 3.63) is 71.7 Å². The van der Waals surface area contributed by atoms with Gasteiger partial charge in [0.15, 0.2) is 6.10 Å². The van der Waals surface area contributed by atoms with Crippen LogP contribution in [0.15, 0.2) is 64.5 Å². The first-order valence-corrected chi connectivity index (χ1v) is 9.51. The highest BCUT2D eigenvalue weighted by Crippen LogP contribution is 2.24. The summed E-state index contributed by atoms with van der Waals surface area (Å²) >= 11 is 1.44. The summed E-state index contributed by atoms with van der Waals surface area (Å²) in [5, 5.41) is 10.6. The topological polar surface area (TPSA) is 91.0 Å². The number of aromatic nitrogens is 4. The smallest absolute Gasteiger partial charge is 0.312 e. The number of esters is 1. The van der Waals surface area contributed by atoms with E-state index in [1.807, 2.05) is 53.9 Å². The van der Waals surface area contributed by atoms with E-state index in [4.69, 9.17) is 9.15 Å². The maximum absolute atomic E-state index is 12.3. The third-order valence-electron chi connectivity index (χ3n) is 3.88. The third kappa shape index (κ3) is 4.12. The first-order valence-electron chi connectivity index (χ1n) is 8.63. The molecule has 0 saturated carbocycles. The lowest BCUT2D eigenvalue weighted by Crippen LogP contribution is -2.12. The van der Waals surface area contributed by atoms with Crippen LogP contribution in [-0.4, -0.2) is 26.1 Å². The van der Waals surface area contributed by atoms with Gasteiger partial charge in [-0.1, -0.05) is 24.3 Å². The van der Waals surface area contributed by atoms with Crippen LogP contribution in [0.2, 0.25) is 0 Å². The second-order valence-electron chi connectivity index (χ2n) is 5.98. The fourth-order valence-electron chi connectivity index (χ4n) is 2.53. The lowest BCUT2D eigenvalue weighted by molar-refractivity contribution is -0.148. The average Bonchev–Trinajstić information content (AvgIpc) is 3.39. The number of thiazole rings is 1. The van der Waals surface area contributed by atoms with Crippen molar-refractivity contribution in [1.29, 1.82) is 0 Å². The van der Waals surface area contributed by atoms with Gasteiger partial charge in [0, 0.05) is 17.1 Å². The minimum atomic E-state index is -0.647. The fraction of sp³-hybridized carbons (Fsp3) is 0.150. The Kier molecular flexibility index (Phi) is 5.20. The van der Waals surface area contributed by atoms with Crippen LogP contribution in [-0.2, 0) is 16.0 Å². The highest BCUT2D eigenvalue weighted by Gasteiger charge is 2.20. The van der Waals surface area contributed by atoms with Gasteiger partial charge in [-0.25, -0.2) is 4.98 Å². The molecule has 0 aliphatic heterocycles. The summed E-state index contributed by atoms with van der Waals surface area (Å²) in [6, 6.07) is 15.0. The van der Waals surface area contributed by atoms with Crippen molar-refractivity contribution < 1.29 is 13.9 Å². The second kappa shape index (κ2) is 8.10. The van der Waals surface area contributed by atoms with Crippen LogP contribution in [0.1, 0.15) is 24.6 Å². The number of carbonyl (C=O) groups excluding carboxylic acids is 1. The summed E-state index contributed by atoms with van der Waals surface area (Å²) in [6.07, 6.45) is 1.12. The number of hydrogen-bond donors (Lipinski definition) is 0. The monoisotopic (exact) mass is 392 g/mol. The maximum Gasteiger partial charge on any atom is 0.312 e. The number of nitrogens with zero attached hydrogens (tertiary/aromatic N) is 4. The lowest BCUT2D eigenvalue weighted by atomic mass is 10.2. The van der Waals surface area contributed by atoms with E-state index in [2.05, 4.69) is 20.2 Å². The normalized spacial score (nSPS) is 11.9. The predicted octanol–water partition coefficient (Wildman–Crippen LogP) is 4.10. The van der Waals surface area contributed by atoms with Gasteiger partial charge in [-0.05, 0) is 31.2 Å². The first-order chi connectivity index (χ1) is 13.7. The molecule has 8 heteroatoms. The largest absolute Gasteiger partial charge is 0.452 e. The van der Waals surface area contributed by atoms with Gasteiger partial charge in [-0.3, -0.25) is 9.78 Å². The number of benzene rings is 1. The zero-order valence-electron chi connectivity index (χ0n) is 15.0. The highest BCUT2D eigenvalue weighted by molar-refractivity contribution is 7.13. The van der Waals surface area contributed by atoms with Crippen molar-refractivity contribution in [3.8, 4) is 22.2 Å². The molecule has 1 aromatic carbocycles. The molecule has 28 heavy (non-hydrogen) atoms. The molecule has 0 spiro atoms. The molecule has 0 bridgehead atoms. The van der Waals surface area contributed by atoms with E-state index >= 15 is 0 Å². The molecular formula is C20H16N4O3S. The molecule has 3 heterocycles. The quantitative estimate of drug-likeness (QED) is 0.456. The summed E-state index contributed by atoms with van der Waals surface area (Å²) in [5.41, 5.74) is 2.22. The van der Waals surface area contributed by atoms with Gasteiger partial charge < -0.3 is 9.15 Å². The van der Waals surface area contributed by atoms with Crippen molar-refractivity contribution in [3.63, 3.8) is 0 Å². The van der Waals surface area contributed by atoms with Crippen molar-refractivity contribution >= 4 is 17.3 Å². The Morgan fingerprint density at radius 1 is 1.14 bits per heavy atom. The number of hydrogen-bond acceptors (Lipinski definition) is 8. The summed E-state index contributed by atoms with van der Waals surface area (Å²) in [4.78, 5) is 21.0. The molecule has 0 aliphatic carbocycles. The molecule has 1 atom stereocenters. The molecule has 0 saturated heterocycles. The average molecular weight is 392 g/mol. The van der Waals surface area contributed by atoms with E-state index in [-0.39, 0.29) is 12.3 Å². The second-order valence-corrected chi connectivity index (χ2v) is 6.84. The summed E-state index contributed by atoms with van der Waals surface area (Å²) in [6.45, 7) is 1.69. The number of carbonyl (C=O) groups is 1. The Balaban J connectivity index is 1.38. The van der Waals surface area contributed by atoms with Crippen LogP contribution in [0.5, 0.6) is 0 Å². The van der Waals surface area contributed by atoms with Crippen LogP contribution < -0.4 is 0 Å². The summed E-state index contributed by atoms with van der Waals surface area (Å²) < 4.78 is 11.0. The van der Waals surface area contributed by atoms with E-state index in [1.165, 1.54) is 11.3 Å². The molecule has 1 unspecified atom stereocenters. The molecule has 0 amide bonds. The van der Waals surface area contributed by atoms with Crippen molar-refractivity contribution in [2.24, 2.45) is 0 Å². The van der Waals surface area contributed by atoms with E-state index < -0.39 is 12.1 Å². The zero-order valence-corrected chi connectivity index (χ0v) is 15.8. The standard InChI is InChI=1S/C20H16N4O3S/c1-13(18-23-24-19(27-18)14-7-3-2-4-8-14)26-17(25)11-15-12-28-20(22-15)16-9-5-6-10-21-16/h2-10,12-13H,11H2,1H3. The Labute approximate surface area is 165 Å². The van der Waals surface area contributed by atoms with Crippen LogP contribution in [0, 0.1) is 0 Å². The van der Waals surface area contributed by atoms with Crippen LogP contribution in [0.4, 0.5) is 0 Å². The van der Waals surface area contributed by atoms with E-state index in [1.54, 1.807) is 13.1 Å². The van der Waals surface area contributed by atoms with E-state index in [0.29, 0.717) is 11.6 Å². The van der Waals surface area contributed by atoms with Gasteiger partial charge in [-0.2, -0.15) is 0 Å². The molecule has 7 nitrogen and oxygen atoms in total. The Morgan fingerprint density at radius 2 is 1.96 bits per heavy atom. The van der Waals surface area contributed by atoms with Crippen molar-refractivity contribution in [2.45, 2.75) is 19.4 Å². The summed E-state index contributed by atoms with van der Waals surface area (Å²) in [7, 11) is 0. The molecule has 0 aliphatic rings. The molecule has 0 radical (unpaired) electrons. The fourth-order valence-corrected chi connectivity index (χ4v) is 3.32. The van der Waals surface area contributed by atoms with Gasteiger partial charge in [0.05, 0.1) is 17.8 Å². The van der Waals surface area contributed by atoms with Crippen LogP contribution in [0.3, 0.4) is 0 Å². The SMILES string of the molecule is CC(OC(=O)Cc1csc(-c2ccccn2)n1)c1nnc(-c2ccccc2)o1. The Hall–Kier alpha value is -3.39. The summed E-state index contributed by atoms with van der Waals surface area (Å²) in [5.74, 6) is 0.225. The Bertz CT molecular complexity index is 1060. The van der Waals surface area contributed by atoms with Crippen LogP contribution >= 0.6 is 11.3 Å². The van der Waals surface area contributed by atoms with Crippen molar-refractivity contribution in [2.75, 3.05) is 0 Å². The minimum absolute atomic E-state index is 0.0629. The van der Waals surface area contributed by atoms with Gasteiger partial charge in [0.1, 0.15) is 5.01 Å². The number of pyridine rings is 1. The number of rotatable bonds is 6. The third-order valence-corrected chi connectivity index (χ3v) is 4.79. The van der Waals surface area contributed by atoms with Gasteiger partial charge in [-0.15, -0.1) is 21.5 Å². The lowest BCUT2D eigenvalue weighted by Gasteiger charge is -2.08. The van der Waals surface area contributed by atoms with Crippen LogP contribution in [0.25, 0.3) is 22.2 Å².